The molecule has 0 aliphatic rings. The summed E-state index contributed by atoms with van der Waals surface area (Å²) in [6.07, 6.45) is 5.16. The molecule has 148 valence electrons. The molecule has 1 amide bonds. The number of aromatic nitrogens is 5. The number of hydrogen-bond acceptors (Lipinski definition) is 5. The Morgan fingerprint density at radius 1 is 1.18 bits per heavy atom. The lowest BCUT2D eigenvalue weighted by molar-refractivity contribution is -0.113. The molecule has 2 aromatic heterocycles. The lowest BCUT2D eigenvalue weighted by Crippen LogP contribution is -2.16. The van der Waals surface area contributed by atoms with Crippen LogP contribution in [-0.2, 0) is 11.3 Å². The van der Waals surface area contributed by atoms with Gasteiger partial charge in [0.25, 0.3) is 0 Å². The van der Waals surface area contributed by atoms with Crippen molar-refractivity contribution in [2.75, 3.05) is 11.1 Å². The van der Waals surface area contributed by atoms with Crippen molar-refractivity contribution < 1.29 is 4.79 Å². The van der Waals surface area contributed by atoms with Crippen molar-refractivity contribution in [1.29, 1.82) is 0 Å². The molecule has 0 radical (unpaired) electrons. The maximum Gasteiger partial charge on any atom is 0.234 e. The molecule has 3 rings (SSSR count). The minimum Gasteiger partial charge on any atom is -0.322 e. The van der Waals surface area contributed by atoms with Crippen LogP contribution in [0, 0.1) is 13.8 Å². The summed E-state index contributed by atoms with van der Waals surface area (Å²) in [5.74, 6) is 0.203. The number of aryl methyl sites for hydroxylation is 2. The van der Waals surface area contributed by atoms with Crippen LogP contribution in [0.2, 0.25) is 0 Å². The molecule has 0 unspecified atom stereocenters. The van der Waals surface area contributed by atoms with E-state index in [0.29, 0.717) is 0 Å². The van der Waals surface area contributed by atoms with Crippen LogP contribution in [0.15, 0.2) is 41.8 Å². The number of rotatable bonds is 9. The summed E-state index contributed by atoms with van der Waals surface area (Å²) in [5, 5.41) is 16.5. The van der Waals surface area contributed by atoms with Gasteiger partial charge in [0.15, 0.2) is 5.16 Å². The average molecular weight is 399 g/mol. The first kappa shape index (κ1) is 20.1. The van der Waals surface area contributed by atoms with Gasteiger partial charge in [-0.25, -0.2) is 4.68 Å². The third-order valence-corrected chi connectivity index (χ3v) is 5.45. The number of benzene rings is 1. The fourth-order valence-corrected chi connectivity index (χ4v) is 3.73. The zero-order valence-corrected chi connectivity index (χ0v) is 17.4. The minimum absolute atomic E-state index is 0.0769. The van der Waals surface area contributed by atoms with Gasteiger partial charge in [0, 0.05) is 6.54 Å². The van der Waals surface area contributed by atoms with Gasteiger partial charge in [-0.2, -0.15) is 5.10 Å². The molecule has 28 heavy (non-hydrogen) atoms. The second-order valence-corrected chi connectivity index (χ2v) is 7.59. The zero-order chi connectivity index (χ0) is 19.9. The number of nitrogens with one attached hydrogen (secondary N) is 1. The molecule has 0 aliphatic carbocycles. The Hall–Kier alpha value is -2.61. The molecule has 7 nitrogen and oxygen atoms in total. The first-order valence-electron chi connectivity index (χ1n) is 9.52. The molecule has 0 fully saturated rings. The number of amides is 1. The minimum atomic E-state index is -0.0769. The van der Waals surface area contributed by atoms with E-state index in [-0.39, 0.29) is 11.7 Å². The molecule has 0 aliphatic heterocycles. The highest BCUT2D eigenvalue weighted by atomic mass is 32.2. The topological polar surface area (TPSA) is 77.6 Å². The predicted molar refractivity (Wildman–Crippen MR) is 112 cm³/mol. The Balaban J connectivity index is 1.62. The normalized spacial score (nSPS) is 11.0. The summed E-state index contributed by atoms with van der Waals surface area (Å²) < 4.78 is 3.86. The molecular formula is C20H26N6OS. The summed E-state index contributed by atoms with van der Waals surface area (Å²) >= 11 is 1.40. The van der Waals surface area contributed by atoms with Gasteiger partial charge >= 0.3 is 0 Å². The van der Waals surface area contributed by atoms with Crippen LogP contribution in [0.1, 0.15) is 37.6 Å². The number of carbonyl (C=O) groups is 1. The van der Waals surface area contributed by atoms with E-state index in [1.54, 1.807) is 6.33 Å². The lowest BCUT2D eigenvalue weighted by atomic mass is 10.2. The van der Waals surface area contributed by atoms with Crippen molar-refractivity contribution in [2.24, 2.45) is 0 Å². The van der Waals surface area contributed by atoms with Gasteiger partial charge in [-0.3, -0.25) is 4.79 Å². The van der Waals surface area contributed by atoms with Crippen LogP contribution in [0.25, 0.3) is 5.69 Å². The van der Waals surface area contributed by atoms with Crippen LogP contribution in [-0.4, -0.2) is 36.2 Å². The Morgan fingerprint density at radius 2 is 1.96 bits per heavy atom. The van der Waals surface area contributed by atoms with E-state index < -0.39 is 0 Å². The zero-order valence-electron chi connectivity index (χ0n) is 16.6. The van der Waals surface area contributed by atoms with Crippen molar-refractivity contribution in [3.8, 4) is 5.69 Å². The fourth-order valence-electron chi connectivity index (χ4n) is 2.99. The highest BCUT2D eigenvalue weighted by molar-refractivity contribution is 7.99. The molecule has 3 aromatic rings. The molecule has 1 N–H and O–H groups in total. The number of anilines is 1. The largest absolute Gasteiger partial charge is 0.322 e. The van der Waals surface area contributed by atoms with Crippen molar-refractivity contribution in [3.63, 3.8) is 0 Å². The molecule has 2 heterocycles. The highest BCUT2D eigenvalue weighted by Gasteiger charge is 2.16. The van der Waals surface area contributed by atoms with Crippen molar-refractivity contribution >= 4 is 23.4 Å². The number of thioether (sulfide) groups is 1. The number of unbranched alkanes of at least 4 members (excludes halogenated alkanes) is 2. The first-order chi connectivity index (χ1) is 13.6. The summed E-state index contributed by atoms with van der Waals surface area (Å²) in [7, 11) is 0. The molecular weight excluding hydrogens is 372 g/mol. The molecule has 0 atom stereocenters. The monoisotopic (exact) mass is 398 g/mol. The maximum absolute atomic E-state index is 12.5. The molecule has 0 saturated carbocycles. The van der Waals surface area contributed by atoms with E-state index in [1.807, 2.05) is 53.4 Å². The van der Waals surface area contributed by atoms with Crippen LogP contribution in [0.5, 0.6) is 0 Å². The predicted octanol–water partition coefficient (Wildman–Crippen LogP) is 4.00. The molecule has 0 spiro atoms. The Bertz CT molecular complexity index is 918. The molecule has 0 bridgehead atoms. The van der Waals surface area contributed by atoms with E-state index in [0.717, 1.165) is 40.9 Å². The summed E-state index contributed by atoms with van der Waals surface area (Å²) in [6, 6.07) is 9.89. The lowest BCUT2D eigenvalue weighted by Gasteiger charge is -2.08. The van der Waals surface area contributed by atoms with Crippen LogP contribution >= 0.6 is 11.8 Å². The average Bonchev–Trinajstić information content (AvgIpc) is 3.26. The van der Waals surface area contributed by atoms with Crippen LogP contribution < -0.4 is 5.32 Å². The fraction of sp³-hybridized carbons (Fsp3) is 0.400. The number of carbonyl (C=O) groups excluding carboxylic acids is 1. The van der Waals surface area contributed by atoms with Gasteiger partial charge in [0.05, 0.1) is 28.5 Å². The van der Waals surface area contributed by atoms with E-state index in [2.05, 4.69) is 27.5 Å². The quantitative estimate of drug-likeness (QED) is 0.435. The summed E-state index contributed by atoms with van der Waals surface area (Å²) in [6.45, 7) is 6.92. The van der Waals surface area contributed by atoms with Crippen molar-refractivity contribution in [2.45, 2.75) is 51.7 Å². The third-order valence-electron chi connectivity index (χ3n) is 4.47. The van der Waals surface area contributed by atoms with E-state index >= 15 is 0 Å². The van der Waals surface area contributed by atoms with Gasteiger partial charge in [0.2, 0.25) is 5.91 Å². The Morgan fingerprint density at radius 3 is 2.71 bits per heavy atom. The second kappa shape index (κ2) is 9.54. The summed E-state index contributed by atoms with van der Waals surface area (Å²) in [5.41, 5.74) is 3.43. The van der Waals surface area contributed by atoms with Crippen molar-refractivity contribution in [1.82, 2.24) is 24.5 Å². The highest BCUT2D eigenvalue weighted by Crippen LogP contribution is 2.23. The standard InChI is InChI=1S/C20H26N6OS/c1-4-5-9-12-25-14-21-23-20(25)28-13-18(27)22-19-15(2)24-26(16(19)3)17-10-7-6-8-11-17/h6-8,10-11,14H,4-5,9,12-13H2,1-3H3,(H,22,27). The number of para-hydroxylation sites is 1. The van der Waals surface area contributed by atoms with Gasteiger partial charge in [-0.1, -0.05) is 49.7 Å². The maximum atomic E-state index is 12.5. The van der Waals surface area contributed by atoms with Crippen molar-refractivity contribution in [3.05, 3.63) is 48.0 Å². The van der Waals surface area contributed by atoms with Gasteiger partial charge < -0.3 is 9.88 Å². The van der Waals surface area contributed by atoms with E-state index in [9.17, 15) is 4.79 Å². The third kappa shape index (κ3) is 4.81. The molecule has 8 heteroatoms. The SMILES string of the molecule is CCCCCn1cnnc1SCC(=O)Nc1c(C)nn(-c2ccccc2)c1C. The Kier molecular flexibility index (Phi) is 6.86. The number of nitrogens with zero attached hydrogens (tertiary/aromatic N) is 5. The first-order valence-corrected chi connectivity index (χ1v) is 10.5. The smallest absolute Gasteiger partial charge is 0.234 e. The van der Waals surface area contributed by atoms with E-state index in [4.69, 9.17) is 0 Å². The van der Waals surface area contributed by atoms with Gasteiger partial charge in [-0.15, -0.1) is 10.2 Å². The van der Waals surface area contributed by atoms with Crippen LogP contribution in [0.3, 0.4) is 0 Å². The number of hydrogen-bond donors (Lipinski definition) is 1. The summed E-state index contributed by atoms with van der Waals surface area (Å²) in [4.78, 5) is 12.5. The molecule has 1 aromatic carbocycles. The van der Waals surface area contributed by atoms with E-state index in [1.165, 1.54) is 24.6 Å². The second-order valence-electron chi connectivity index (χ2n) is 6.64. The molecule has 0 saturated heterocycles. The van der Waals surface area contributed by atoms with Gasteiger partial charge in [-0.05, 0) is 32.4 Å². The van der Waals surface area contributed by atoms with Crippen LogP contribution in [0.4, 0.5) is 5.69 Å². The Labute approximate surface area is 169 Å². The van der Waals surface area contributed by atoms with Gasteiger partial charge in [0.1, 0.15) is 6.33 Å².